The van der Waals surface area contributed by atoms with E-state index in [-0.39, 0.29) is 11.5 Å². The summed E-state index contributed by atoms with van der Waals surface area (Å²) in [6, 6.07) is 10.8. The van der Waals surface area contributed by atoms with E-state index in [2.05, 4.69) is 30.7 Å². The van der Waals surface area contributed by atoms with Crippen molar-refractivity contribution < 1.29 is 17.9 Å². The number of alkyl halides is 3. The summed E-state index contributed by atoms with van der Waals surface area (Å²) in [5, 5.41) is 10.9. The molecule has 8 nitrogen and oxygen atoms in total. The zero-order valence-corrected chi connectivity index (χ0v) is 18.8. The first kappa shape index (κ1) is 22.8. The molecule has 0 spiro atoms. The second-order valence-electron chi connectivity index (χ2n) is 8.08. The van der Waals surface area contributed by atoms with Crippen LogP contribution < -0.4 is 10.6 Å². The first-order chi connectivity index (χ1) is 16.9. The van der Waals surface area contributed by atoms with E-state index >= 15 is 0 Å². The smallest absolute Gasteiger partial charge is 0.378 e. The van der Waals surface area contributed by atoms with Gasteiger partial charge in [0.2, 0.25) is 5.82 Å². The van der Waals surface area contributed by atoms with Crippen LogP contribution in [0.3, 0.4) is 0 Å². The van der Waals surface area contributed by atoms with Gasteiger partial charge in [-0.3, -0.25) is 0 Å². The highest BCUT2D eigenvalue weighted by atomic mass is 19.4. The highest BCUT2D eigenvalue weighted by molar-refractivity contribution is 5.75. The molecule has 2 N–H and O–H groups in total. The number of rotatable bonds is 7. The molecule has 0 saturated heterocycles. The van der Waals surface area contributed by atoms with Crippen LogP contribution in [0.25, 0.3) is 17.0 Å². The molecule has 0 bridgehead atoms. The number of aromatic nitrogens is 5. The standard InChI is InChI=1S/C24H22F3N7O/c1-35-14-18(15-5-2-6-15)31-21-13-16(10-11-28-21)29-23-19-8-4-12-34(19)33-22(32-23)17-7-3-9-20(30-17)24(25,26)27/h3-4,7-13H,2,5-6,14H2,1H3,(H2,28,29,31,32,33). The Hall–Kier alpha value is -3.99. The summed E-state index contributed by atoms with van der Waals surface area (Å²) in [4.78, 5) is 12.6. The lowest BCUT2D eigenvalue weighted by molar-refractivity contribution is -0.141. The van der Waals surface area contributed by atoms with Crippen molar-refractivity contribution >= 4 is 22.8 Å². The Labute approximate surface area is 198 Å². The third-order valence-electron chi connectivity index (χ3n) is 5.63. The van der Waals surface area contributed by atoms with Crippen LogP contribution in [0.1, 0.15) is 25.0 Å². The fourth-order valence-corrected chi connectivity index (χ4v) is 3.75. The predicted molar refractivity (Wildman–Crippen MR) is 125 cm³/mol. The number of anilines is 3. The zero-order chi connectivity index (χ0) is 24.4. The van der Waals surface area contributed by atoms with Crippen LogP contribution in [-0.4, -0.2) is 38.3 Å². The molecule has 1 aliphatic rings. The van der Waals surface area contributed by atoms with Gasteiger partial charge in [-0.05, 0) is 55.2 Å². The summed E-state index contributed by atoms with van der Waals surface area (Å²) in [6.45, 7) is 0.471. The van der Waals surface area contributed by atoms with Crippen molar-refractivity contribution in [1.82, 2.24) is 24.6 Å². The molecular weight excluding hydrogens is 459 g/mol. The maximum absolute atomic E-state index is 13.2. The second-order valence-corrected chi connectivity index (χ2v) is 8.08. The second kappa shape index (κ2) is 9.34. The third kappa shape index (κ3) is 4.94. The van der Waals surface area contributed by atoms with E-state index in [1.165, 1.54) is 24.1 Å². The lowest BCUT2D eigenvalue weighted by Crippen LogP contribution is -2.14. The van der Waals surface area contributed by atoms with Crippen LogP contribution in [-0.2, 0) is 10.9 Å². The largest absolute Gasteiger partial charge is 0.433 e. The van der Waals surface area contributed by atoms with Crippen molar-refractivity contribution in [2.75, 3.05) is 24.4 Å². The Bertz CT molecular complexity index is 1390. The van der Waals surface area contributed by atoms with Crippen molar-refractivity contribution in [2.45, 2.75) is 25.4 Å². The number of fused-ring (bicyclic) bond motifs is 1. The van der Waals surface area contributed by atoms with Crippen molar-refractivity contribution in [3.63, 3.8) is 0 Å². The number of ether oxygens (including phenoxy) is 1. The first-order valence-electron chi connectivity index (χ1n) is 11.0. The van der Waals surface area contributed by atoms with Gasteiger partial charge in [0.05, 0.1) is 6.61 Å². The molecule has 180 valence electrons. The van der Waals surface area contributed by atoms with Gasteiger partial charge in [-0.1, -0.05) is 6.07 Å². The zero-order valence-electron chi connectivity index (χ0n) is 18.8. The molecule has 1 aliphatic carbocycles. The van der Waals surface area contributed by atoms with Crippen LogP contribution in [0, 0.1) is 0 Å². The molecule has 5 rings (SSSR count). The molecule has 0 radical (unpaired) electrons. The Balaban J connectivity index is 1.46. The minimum Gasteiger partial charge on any atom is -0.378 e. The number of nitrogens with one attached hydrogen (secondary N) is 2. The maximum atomic E-state index is 13.2. The van der Waals surface area contributed by atoms with Gasteiger partial charge in [0.25, 0.3) is 0 Å². The molecule has 1 fully saturated rings. The van der Waals surface area contributed by atoms with E-state index in [0.717, 1.165) is 24.6 Å². The summed E-state index contributed by atoms with van der Waals surface area (Å²) in [5.74, 6) is 1.12. The van der Waals surface area contributed by atoms with Crippen molar-refractivity contribution in [3.05, 3.63) is 71.8 Å². The molecule has 0 aliphatic heterocycles. The van der Waals surface area contributed by atoms with Crippen LogP contribution in [0.15, 0.2) is 66.1 Å². The number of methoxy groups -OCH3 is 1. The Kier molecular flexibility index (Phi) is 6.08. The van der Waals surface area contributed by atoms with Gasteiger partial charge in [-0.2, -0.15) is 13.2 Å². The van der Waals surface area contributed by atoms with Gasteiger partial charge in [0.1, 0.15) is 22.7 Å². The molecule has 0 atom stereocenters. The summed E-state index contributed by atoms with van der Waals surface area (Å²) in [6.07, 6.45) is 2.05. The number of nitrogens with zero attached hydrogens (tertiary/aromatic N) is 5. The number of pyridine rings is 2. The van der Waals surface area contributed by atoms with Crippen molar-refractivity contribution in [1.29, 1.82) is 0 Å². The lowest BCUT2D eigenvalue weighted by atomic mass is 9.90. The third-order valence-corrected chi connectivity index (χ3v) is 5.63. The van der Waals surface area contributed by atoms with Crippen LogP contribution in [0.2, 0.25) is 0 Å². The summed E-state index contributed by atoms with van der Waals surface area (Å²) in [5.41, 5.74) is 2.71. The van der Waals surface area contributed by atoms with Gasteiger partial charge >= 0.3 is 6.18 Å². The molecule has 4 aromatic heterocycles. The summed E-state index contributed by atoms with van der Waals surface area (Å²) < 4.78 is 46.4. The summed E-state index contributed by atoms with van der Waals surface area (Å²) >= 11 is 0. The average molecular weight is 481 g/mol. The number of halogens is 3. The van der Waals surface area contributed by atoms with E-state index in [1.54, 1.807) is 36.2 Å². The van der Waals surface area contributed by atoms with E-state index in [9.17, 15) is 13.2 Å². The number of allylic oxidation sites excluding steroid dienone is 1. The monoisotopic (exact) mass is 481 g/mol. The maximum Gasteiger partial charge on any atom is 0.433 e. The minimum atomic E-state index is -4.56. The fraction of sp³-hybridized carbons (Fsp3) is 0.250. The summed E-state index contributed by atoms with van der Waals surface area (Å²) in [7, 11) is 1.65. The normalized spacial score (nSPS) is 13.5. The Morgan fingerprint density at radius 1 is 1.11 bits per heavy atom. The van der Waals surface area contributed by atoms with Gasteiger partial charge < -0.3 is 15.4 Å². The molecule has 35 heavy (non-hydrogen) atoms. The molecule has 0 aromatic carbocycles. The van der Waals surface area contributed by atoms with Crippen LogP contribution in [0.4, 0.5) is 30.5 Å². The van der Waals surface area contributed by atoms with Gasteiger partial charge in [-0.25, -0.2) is 19.5 Å². The molecule has 0 amide bonds. The number of hydrogen-bond acceptors (Lipinski definition) is 7. The minimum absolute atomic E-state index is 0.0203. The molecule has 11 heteroatoms. The molecular formula is C24H22F3N7O. The van der Waals surface area contributed by atoms with Gasteiger partial charge in [0.15, 0.2) is 5.82 Å². The van der Waals surface area contributed by atoms with E-state index < -0.39 is 11.9 Å². The molecule has 4 heterocycles. The highest BCUT2D eigenvalue weighted by Crippen LogP contribution is 2.31. The van der Waals surface area contributed by atoms with E-state index in [4.69, 9.17) is 4.74 Å². The average Bonchev–Trinajstić information content (AvgIpc) is 3.27. The van der Waals surface area contributed by atoms with Gasteiger partial charge in [0, 0.05) is 37.0 Å². The highest BCUT2D eigenvalue weighted by Gasteiger charge is 2.32. The predicted octanol–water partition coefficient (Wildman–Crippen LogP) is 5.45. The fourth-order valence-electron chi connectivity index (χ4n) is 3.75. The SMILES string of the molecule is COCC(Nc1cc(Nc2nc(-c3cccc(C(F)(F)F)n3)nn3cccc23)ccn1)=C1CCC1. The Morgan fingerprint density at radius 2 is 1.97 bits per heavy atom. The van der Waals surface area contributed by atoms with Gasteiger partial charge in [-0.15, -0.1) is 5.10 Å². The number of hydrogen-bond donors (Lipinski definition) is 2. The van der Waals surface area contributed by atoms with Crippen molar-refractivity contribution in [3.8, 4) is 11.5 Å². The molecule has 4 aromatic rings. The Morgan fingerprint density at radius 3 is 2.71 bits per heavy atom. The van der Waals surface area contributed by atoms with E-state index in [1.807, 2.05) is 12.1 Å². The topological polar surface area (TPSA) is 89.3 Å². The van der Waals surface area contributed by atoms with Crippen molar-refractivity contribution in [2.24, 2.45) is 0 Å². The molecule has 0 unspecified atom stereocenters. The lowest BCUT2D eigenvalue weighted by Gasteiger charge is -2.22. The quantitative estimate of drug-likeness (QED) is 0.363. The van der Waals surface area contributed by atoms with Crippen LogP contribution in [0.5, 0.6) is 0 Å². The van der Waals surface area contributed by atoms with E-state index in [0.29, 0.717) is 29.4 Å². The first-order valence-corrected chi connectivity index (χ1v) is 11.0. The van der Waals surface area contributed by atoms with Crippen LogP contribution >= 0.6 is 0 Å². The molecule has 1 saturated carbocycles.